The monoisotopic (exact) mass is 266 g/mol. The van der Waals surface area contributed by atoms with E-state index in [4.69, 9.17) is 10.5 Å². The van der Waals surface area contributed by atoms with Gasteiger partial charge in [0.2, 0.25) is 0 Å². The van der Waals surface area contributed by atoms with E-state index in [9.17, 15) is 0 Å². The lowest BCUT2D eigenvalue weighted by atomic mass is 10.2. The number of thioether (sulfide) groups is 1. The molecule has 1 heterocycles. The first-order chi connectivity index (χ1) is 8.66. The van der Waals surface area contributed by atoms with E-state index in [0.717, 1.165) is 29.8 Å². The van der Waals surface area contributed by atoms with Crippen LogP contribution in [0.25, 0.3) is 0 Å². The van der Waals surface area contributed by atoms with Crippen molar-refractivity contribution in [3.63, 3.8) is 0 Å². The Labute approximate surface area is 114 Å². The van der Waals surface area contributed by atoms with Crippen LogP contribution in [0.4, 0.5) is 5.69 Å². The van der Waals surface area contributed by atoms with Crippen LogP contribution in [0.1, 0.15) is 13.8 Å². The van der Waals surface area contributed by atoms with Crippen LogP contribution in [0, 0.1) is 0 Å². The van der Waals surface area contributed by atoms with Crippen LogP contribution in [-0.4, -0.2) is 41.6 Å². The molecule has 2 atom stereocenters. The molecule has 1 aliphatic rings. The van der Waals surface area contributed by atoms with E-state index in [1.54, 1.807) is 0 Å². The zero-order valence-electron chi connectivity index (χ0n) is 11.1. The van der Waals surface area contributed by atoms with Gasteiger partial charge in [-0.25, -0.2) is 0 Å². The average molecular weight is 266 g/mol. The van der Waals surface area contributed by atoms with Gasteiger partial charge in [-0.15, -0.1) is 0 Å². The van der Waals surface area contributed by atoms with Crippen molar-refractivity contribution in [2.45, 2.75) is 25.1 Å². The highest BCUT2D eigenvalue weighted by Gasteiger charge is 2.24. The minimum atomic E-state index is 0.638. The Bertz CT molecular complexity index is 369. The summed E-state index contributed by atoms with van der Waals surface area (Å²) in [5.41, 5.74) is 6.42. The van der Waals surface area contributed by atoms with Crippen molar-refractivity contribution in [2.75, 3.05) is 31.2 Å². The summed E-state index contributed by atoms with van der Waals surface area (Å²) in [7, 11) is 0. The van der Waals surface area contributed by atoms with Crippen molar-refractivity contribution in [1.29, 1.82) is 0 Å². The molecule has 0 aromatic heterocycles. The lowest BCUT2D eigenvalue weighted by molar-refractivity contribution is 0.170. The molecule has 4 heteroatoms. The molecule has 2 N–H and O–H groups in total. The first-order valence-corrected chi connectivity index (χ1v) is 7.55. The van der Waals surface area contributed by atoms with E-state index in [2.05, 4.69) is 30.5 Å². The second-order valence-corrected chi connectivity index (χ2v) is 6.26. The molecule has 1 aromatic carbocycles. The molecule has 0 bridgehead atoms. The van der Waals surface area contributed by atoms with Gasteiger partial charge in [-0.1, -0.05) is 6.92 Å². The summed E-state index contributed by atoms with van der Waals surface area (Å²) < 4.78 is 5.74. The van der Waals surface area contributed by atoms with Crippen LogP contribution in [0.2, 0.25) is 0 Å². The average Bonchev–Trinajstić information content (AvgIpc) is 2.37. The molecule has 2 rings (SSSR count). The van der Waals surface area contributed by atoms with Crippen molar-refractivity contribution in [1.82, 2.24) is 4.90 Å². The van der Waals surface area contributed by atoms with Crippen LogP contribution in [0.3, 0.4) is 0 Å². The second-order valence-electron chi connectivity index (χ2n) is 4.77. The zero-order valence-corrected chi connectivity index (χ0v) is 12.0. The number of nitrogens with two attached hydrogens (primary N) is 1. The number of anilines is 1. The van der Waals surface area contributed by atoms with E-state index >= 15 is 0 Å². The lowest BCUT2D eigenvalue weighted by Gasteiger charge is -2.37. The summed E-state index contributed by atoms with van der Waals surface area (Å²) in [6.07, 6.45) is 0. The highest BCUT2D eigenvalue weighted by molar-refractivity contribution is 8.00. The molecule has 18 heavy (non-hydrogen) atoms. The van der Waals surface area contributed by atoms with Gasteiger partial charge in [-0.3, -0.25) is 4.90 Å². The maximum Gasteiger partial charge on any atom is 0.119 e. The highest BCUT2D eigenvalue weighted by Crippen LogP contribution is 2.23. The van der Waals surface area contributed by atoms with E-state index in [1.165, 1.54) is 12.3 Å². The number of hydrogen-bond donors (Lipinski definition) is 1. The van der Waals surface area contributed by atoms with Gasteiger partial charge in [-0.2, -0.15) is 11.8 Å². The van der Waals surface area contributed by atoms with E-state index in [-0.39, 0.29) is 0 Å². The first kappa shape index (κ1) is 13.6. The molecule has 1 saturated heterocycles. The van der Waals surface area contributed by atoms with Crippen LogP contribution < -0.4 is 10.5 Å². The predicted molar refractivity (Wildman–Crippen MR) is 79.3 cm³/mol. The van der Waals surface area contributed by atoms with Crippen LogP contribution in [0.15, 0.2) is 24.3 Å². The second kappa shape index (κ2) is 6.34. The molecule has 0 aliphatic carbocycles. The Morgan fingerprint density at radius 3 is 2.78 bits per heavy atom. The van der Waals surface area contributed by atoms with Gasteiger partial charge in [-0.05, 0) is 31.2 Å². The minimum Gasteiger partial charge on any atom is -0.492 e. The van der Waals surface area contributed by atoms with Crippen LogP contribution in [-0.2, 0) is 0 Å². The van der Waals surface area contributed by atoms with Crippen molar-refractivity contribution < 1.29 is 4.74 Å². The number of hydrogen-bond acceptors (Lipinski definition) is 4. The summed E-state index contributed by atoms with van der Waals surface area (Å²) in [5, 5.41) is 0.718. The van der Waals surface area contributed by atoms with E-state index < -0.39 is 0 Å². The molecule has 0 saturated carbocycles. The summed E-state index contributed by atoms with van der Waals surface area (Å²) in [4.78, 5) is 2.51. The number of benzene rings is 1. The normalized spacial score (nSPS) is 25.0. The Morgan fingerprint density at radius 2 is 2.06 bits per heavy atom. The quantitative estimate of drug-likeness (QED) is 0.850. The van der Waals surface area contributed by atoms with Crippen LogP contribution >= 0.6 is 11.8 Å². The lowest BCUT2D eigenvalue weighted by Crippen LogP contribution is -2.46. The van der Waals surface area contributed by atoms with Crippen LogP contribution in [0.5, 0.6) is 5.75 Å². The highest BCUT2D eigenvalue weighted by atomic mass is 32.2. The fraction of sp³-hybridized carbons (Fsp3) is 0.571. The number of rotatable bonds is 4. The molecule has 3 nitrogen and oxygen atoms in total. The molecule has 1 aromatic rings. The third-order valence-corrected chi connectivity index (χ3v) is 4.88. The van der Waals surface area contributed by atoms with E-state index in [0.29, 0.717) is 6.04 Å². The molecular formula is C14H22N2OS. The van der Waals surface area contributed by atoms with E-state index in [1.807, 2.05) is 24.3 Å². The molecular weight excluding hydrogens is 244 g/mol. The van der Waals surface area contributed by atoms with Crippen molar-refractivity contribution in [3.05, 3.63) is 24.3 Å². The first-order valence-electron chi connectivity index (χ1n) is 6.51. The fourth-order valence-electron chi connectivity index (χ4n) is 2.16. The Balaban J connectivity index is 1.76. The van der Waals surface area contributed by atoms with Gasteiger partial charge in [0.05, 0.1) is 0 Å². The summed E-state index contributed by atoms with van der Waals surface area (Å²) in [6, 6.07) is 8.23. The Kier molecular flexibility index (Phi) is 4.78. The largest absolute Gasteiger partial charge is 0.492 e. The van der Waals surface area contributed by atoms with Crippen molar-refractivity contribution in [3.8, 4) is 5.75 Å². The van der Waals surface area contributed by atoms with Gasteiger partial charge in [0.25, 0.3) is 0 Å². The number of ether oxygens (including phenoxy) is 1. The molecule has 1 aliphatic heterocycles. The molecule has 0 amide bonds. The molecule has 2 unspecified atom stereocenters. The van der Waals surface area contributed by atoms with Gasteiger partial charge < -0.3 is 10.5 Å². The summed E-state index contributed by atoms with van der Waals surface area (Å²) >= 11 is 2.06. The minimum absolute atomic E-state index is 0.638. The molecule has 100 valence electrons. The van der Waals surface area contributed by atoms with Gasteiger partial charge in [0.1, 0.15) is 12.4 Å². The SMILES string of the molecule is CC1SCCN(CCOc2ccc(N)cc2)C1C. The third kappa shape index (κ3) is 3.56. The van der Waals surface area contributed by atoms with Crippen molar-refractivity contribution in [2.24, 2.45) is 0 Å². The van der Waals surface area contributed by atoms with Crippen molar-refractivity contribution >= 4 is 17.4 Å². The summed E-state index contributed by atoms with van der Waals surface area (Å²) in [5.74, 6) is 2.13. The maximum absolute atomic E-state index is 5.74. The Morgan fingerprint density at radius 1 is 1.33 bits per heavy atom. The topological polar surface area (TPSA) is 38.5 Å². The smallest absolute Gasteiger partial charge is 0.119 e. The fourth-order valence-corrected chi connectivity index (χ4v) is 3.32. The van der Waals surface area contributed by atoms with Gasteiger partial charge >= 0.3 is 0 Å². The summed E-state index contributed by atoms with van der Waals surface area (Å²) in [6.45, 7) is 7.52. The predicted octanol–water partition coefficient (Wildman–Crippen LogP) is 2.47. The Hall–Kier alpha value is -0.870. The van der Waals surface area contributed by atoms with Gasteiger partial charge in [0, 0.05) is 35.8 Å². The van der Waals surface area contributed by atoms with Gasteiger partial charge in [0.15, 0.2) is 0 Å². The molecule has 1 fully saturated rings. The third-order valence-electron chi connectivity index (χ3n) is 3.54. The molecule has 0 spiro atoms. The maximum atomic E-state index is 5.74. The molecule has 0 radical (unpaired) electrons. The number of nitrogen functional groups attached to an aromatic ring is 1. The zero-order chi connectivity index (χ0) is 13.0. The standard InChI is InChI=1S/C14H22N2OS/c1-11-12(2)18-10-8-16(11)7-9-17-14-5-3-13(15)4-6-14/h3-6,11-12H,7-10,15H2,1-2H3. The number of nitrogens with zero attached hydrogens (tertiary/aromatic N) is 1.